The van der Waals surface area contributed by atoms with Crippen molar-refractivity contribution < 1.29 is 43.0 Å². The first-order valence-electron chi connectivity index (χ1n) is 11.7. The summed E-state index contributed by atoms with van der Waals surface area (Å²) in [7, 11) is 1.09. The first-order valence-corrected chi connectivity index (χ1v) is 11.7. The van der Waals surface area contributed by atoms with Gasteiger partial charge in [0.05, 0.1) is 12.7 Å². The van der Waals surface area contributed by atoms with Gasteiger partial charge in [-0.25, -0.2) is 14.4 Å². The number of methoxy groups -OCH3 is 1. The van der Waals surface area contributed by atoms with E-state index in [-0.39, 0.29) is 33.6 Å². The van der Waals surface area contributed by atoms with Crippen LogP contribution in [0, 0.1) is 0 Å². The number of esters is 2. The van der Waals surface area contributed by atoms with E-state index in [1.807, 2.05) is 0 Å². The van der Waals surface area contributed by atoms with Crippen LogP contribution in [0.4, 0.5) is 4.79 Å². The molecule has 0 saturated carbocycles. The van der Waals surface area contributed by atoms with E-state index in [9.17, 15) is 28.8 Å². The number of alkyl carbamates (subject to hydrolysis) is 1. The molecular weight excluding hydrogens is 496 g/mol. The number of amides is 2. The van der Waals surface area contributed by atoms with Gasteiger partial charge in [0, 0.05) is 22.3 Å². The number of hydrogen-bond acceptors (Lipinski definition) is 9. The zero-order chi connectivity index (χ0) is 28.2. The quantitative estimate of drug-likeness (QED) is 0.350. The van der Waals surface area contributed by atoms with Gasteiger partial charge in [-0.05, 0) is 45.9 Å². The van der Waals surface area contributed by atoms with Crippen LogP contribution in [0.3, 0.4) is 0 Å². The number of carbonyl (C=O) groups is 6. The predicted octanol–water partition coefficient (Wildman–Crippen LogP) is 2.19. The maximum Gasteiger partial charge on any atom is 0.408 e. The minimum absolute atomic E-state index is 0.0285. The van der Waals surface area contributed by atoms with Gasteiger partial charge in [0.25, 0.3) is 0 Å². The third kappa shape index (κ3) is 6.41. The molecule has 11 nitrogen and oxygen atoms in total. The molecular formula is C27H28N2O9. The van der Waals surface area contributed by atoms with Crippen molar-refractivity contribution in [3.63, 3.8) is 0 Å². The highest BCUT2D eigenvalue weighted by Gasteiger charge is 2.31. The molecule has 2 atom stereocenters. The standard InChI is InChI=1S/C27H28N2O9/c1-14(28-26(35)38-27(2,3)4)23(32)29-20(25(34)36-5)13-37-24(33)15-10-11-18-19(12-15)22(31)17-9-7-6-8-16(17)21(18)30/h6-12,14,20H,13H2,1-5H3,(H,28,35)(H,29,32)/t14-,20-/m0/s1. The van der Waals surface area contributed by atoms with Gasteiger partial charge >= 0.3 is 18.0 Å². The van der Waals surface area contributed by atoms with Crippen molar-refractivity contribution in [2.24, 2.45) is 0 Å². The minimum atomic E-state index is -1.38. The molecule has 2 aromatic carbocycles. The number of rotatable bonds is 7. The molecule has 0 aromatic heterocycles. The third-order valence-electron chi connectivity index (χ3n) is 5.47. The number of nitrogens with one attached hydrogen (secondary N) is 2. The van der Waals surface area contributed by atoms with Gasteiger partial charge in [0.1, 0.15) is 18.2 Å². The van der Waals surface area contributed by atoms with Crippen LogP contribution in [0.15, 0.2) is 42.5 Å². The van der Waals surface area contributed by atoms with Gasteiger partial charge in [0.15, 0.2) is 17.6 Å². The second kappa shape index (κ2) is 11.2. The molecule has 0 aliphatic heterocycles. The lowest BCUT2D eigenvalue weighted by Crippen LogP contribution is -2.52. The summed E-state index contributed by atoms with van der Waals surface area (Å²) in [6.07, 6.45) is -0.829. The first-order chi connectivity index (χ1) is 17.8. The third-order valence-corrected chi connectivity index (χ3v) is 5.47. The molecule has 200 valence electrons. The fraction of sp³-hybridized carbons (Fsp3) is 0.333. The lowest BCUT2D eigenvalue weighted by Gasteiger charge is -2.23. The van der Waals surface area contributed by atoms with E-state index in [1.54, 1.807) is 39.0 Å². The van der Waals surface area contributed by atoms with Crippen molar-refractivity contribution in [2.75, 3.05) is 13.7 Å². The van der Waals surface area contributed by atoms with Crippen molar-refractivity contribution in [2.45, 2.75) is 45.4 Å². The number of ether oxygens (including phenoxy) is 3. The number of fused-ring (bicyclic) bond motifs is 2. The number of ketones is 2. The molecule has 0 heterocycles. The van der Waals surface area contributed by atoms with E-state index < -0.39 is 54.0 Å². The van der Waals surface area contributed by atoms with Crippen LogP contribution in [-0.2, 0) is 23.8 Å². The average molecular weight is 525 g/mol. The Hall–Kier alpha value is -4.54. The van der Waals surface area contributed by atoms with Crippen LogP contribution in [0.25, 0.3) is 0 Å². The Labute approximate surface area is 218 Å². The summed E-state index contributed by atoms with van der Waals surface area (Å²) in [6.45, 7) is 5.77. The van der Waals surface area contributed by atoms with Crippen LogP contribution in [0.2, 0.25) is 0 Å². The SMILES string of the molecule is COC(=O)[C@H](COC(=O)c1ccc2c(c1)C(=O)c1ccccc1C2=O)NC(=O)[C@H](C)NC(=O)OC(C)(C)C. The summed E-state index contributed by atoms with van der Waals surface area (Å²) < 4.78 is 15.0. The van der Waals surface area contributed by atoms with E-state index in [0.29, 0.717) is 0 Å². The van der Waals surface area contributed by atoms with Gasteiger partial charge in [-0.1, -0.05) is 24.3 Å². The predicted molar refractivity (Wildman–Crippen MR) is 133 cm³/mol. The number of benzene rings is 2. The molecule has 2 aromatic rings. The molecule has 0 radical (unpaired) electrons. The first kappa shape index (κ1) is 28.0. The van der Waals surface area contributed by atoms with Crippen LogP contribution >= 0.6 is 0 Å². The molecule has 2 N–H and O–H groups in total. The maximum absolute atomic E-state index is 12.9. The Morgan fingerprint density at radius 1 is 0.868 bits per heavy atom. The highest BCUT2D eigenvalue weighted by molar-refractivity contribution is 6.28. The van der Waals surface area contributed by atoms with E-state index >= 15 is 0 Å². The van der Waals surface area contributed by atoms with Crippen LogP contribution in [0.5, 0.6) is 0 Å². The summed E-state index contributed by atoms with van der Waals surface area (Å²) in [6, 6.07) is 7.88. The van der Waals surface area contributed by atoms with Crippen LogP contribution < -0.4 is 10.6 Å². The molecule has 1 aliphatic carbocycles. The van der Waals surface area contributed by atoms with E-state index in [0.717, 1.165) is 7.11 Å². The average Bonchev–Trinajstić information content (AvgIpc) is 2.87. The summed E-state index contributed by atoms with van der Waals surface area (Å²) in [5.74, 6) is -3.28. The van der Waals surface area contributed by atoms with Crippen LogP contribution in [0.1, 0.15) is 69.9 Å². The van der Waals surface area contributed by atoms with Crippen LogP contribution in [-0.4, -0.2) is 66.9 Å². The summed E-state index contributed by atoms with van der Waals surface area (Å²) >= 11 is 0. The Balaban J connectivity index is 1.67. The monoisotopic (exact) mass is 524 g/mol. The smallest absolute Gasteiger partial charge is 0.408 e. The lowest BCUT2D eigenvalue weighted by molar-refractivity contribution is -0.146. The normalized spacial score (nSPS) is 13.8. The maximum atomic E-state index is 12.9. The second-order valence-electron chi connectivity index (χ2n) is 9.51. The summed E-state index contributed by atoms with van der Waals surface area (Å²) in [5.41, 5.74) is -0.0647. The number of hydrogen-bond donors (Lipinski definition) is 2. The van der Waals surface area contributed by atoms with Gasteiger partial charge in [0.2, 0.25) is 5.91 Å². The summed E-state index contributed by atoms with van der Waals surface area (Å²) in [5, 5.41) is 4.70. The number of carbonyl (C=O) groups excluding carboxylic acids is 6. The minimum Gasteiger partial charge on any atom is -0.467 e. The van der Waals surface area contributed by atoms with E-state index in [4.69, 9.17) is 9.47 Å². The van der Waals surface area contributed by atoms with Crippen molar-refractivity contribution in [1.82, 2.24) is 10.6 Å². The fourth-order valence-electron chi connectivity index (χ4n) is 3.63. The largest absolute Gasteiger partial charge is 0.467 e. The second-order valence-corrected chi connectivity index (χ2v) is 9.51. The van der Waals surface area contributed by atoms with Crippen molar-refractivity contribution >= 4 is 35.5 Å². The molecule has 1 aliphatic rings. The molecule has 0 unspecified atom stereocenters. The topological polar surface area (TPSA) is 154 Å². The van der Waals surface area contributed by atoms with Gasteiger partial charge in [-0.2, -0.15) is 0 Å². The fourth-order valence-corrected chi connectivity index (χ4v) is 3.63. The van der Waals surface area contributed by atoms with E-state index in [2.05, 4.69) is 15.4 Å². The molecule has 3 rings (SSSR count). The highest BCUT2D eigenvalue weighted by Crippen LogP contribution is 2.28. The zero-order valence-corrected chi connectivity index (χ0v) is 21.6. The lowest BCUT2D eigenvalue weighted by atomic mass is 9.83. The van der Waals surface area contributed by atoms with E-state index in [1.165, 1.54) is 31.2 Å². The Morgan fingerprint density at radius 2 is 1.45 bits per heavy atom. The molecule has 2 amide bonds. The van der Waals surface area contributed by atoms with Gasteiger partial charge in [-0.15, -0.1) is 0 Å². The summed E-state index contributed by atoms with van der Waals surface area (Å²) in [4.78, 5) is 75.0. The molecule has 0 saturated heterocycles. The molecule has 11 heteroatoms. The van der Waals surface area contributed by atoms with Gasteiger partial charge in [-0.3, -0.25) is 14.4 Å². The van der Waals surface area contributed by atoms with Crippen molar-refractivity contribution in [3.8, 4) is 0 Å². The molecule has 0 fully saturated rings. The highest BCUT2D eigenvalue weighted by atomic mass is 16.6. The molecule has 38 heavy (non-hydrogen) atoms. The zero-order valence-electron chi connectivity index (χ0n) is 21.6. The molecule has 0 bridgehead atoms. The van der Waals surface area contributed by atoms with Crippen molar-refractivity contribution in [3.05, 3.63) is 70.3 Å². The Morgan fingerprint density at radius 3 is 2.03 bits per heavy atom. The van der Waals surface area contributed by atoms with Gasteiger partial charge < -0.3 is 24.8 Å². The molecule has 0 spiro atoms. The Bertz CT molecular complexity index is 1310. The van der Waals surface area contributed by atoms with Crippen molar-refractivity contribution in [1.29, 1.82) is 0 Å². The Kier molecular flexibility index (Phi) is 8.29.